The van der Waals surface area contributed by atoms with Crippen LogP contribution in [0.3, 0.4) is 0 Å². The van der Waals surface area contributed by atoms with Crippen molar-refractivity contribution in [1.82, 2.24) is 0 Å². The predicted octanol–water partition coefficient (Wildman–Crippen LogP) is 5.01. The summed E-state index contributed by atoms with van der Waals surface area (Å²) in [5.41, 5.74) is 0. The van der Waals surface area contributed by atoms with E-state index in [1.54, 1.807) is 6.07 Å². The van der Waals surface area contributed by atoms with Gasteiger partial charge in [-0.05, 0) is 11.9 Å². The van der Waals surface area contributed by atoms with Crippen LogP contribution in [-0.2, 0) is 0 Å². The molecular formula is C11H21O2P. The summed E-state index contributed by atoms with van der Waals surface area (Å²) in [5, 5.41) is 0. The van der Waals surface area contributed by atoms with Crippen LogP contribution in [0.2, 0.25) is 0 Å². The fourth-order valence-corrected chi connectivity index (χ4v) is 1.29. The van der Waals surface area contributed by atoms with Crippen LogP contribution in [0.25, 0.3) is 0 Å². The second kappa shape index (κ2) is 12.4. The number of rotatable bonds is 4. The molecule has 1 aromatic rings. The van der Waals surface area contributed by atoms with Crippen LogP contribution in [0.5, 0.6) is 0 Å². The third-order valence-corrected chi connectivity index (χ3v) is 2.23. The minimum absolute atomic E-state index is 0.329. The summed E-state index contributed by atoms with van der Waals surface area (Å²) in [6, 6.07) is 3.66. The first-order valence-corrected chi connectivity index (χ1v) is 6.29. The van der Waals surface area contributed by atoms with E-state index in [9.17, 15) is 0 Å². The lowest BCUT2D eigenvalue weighted by Gasteiger charge is -1.90. The van der Waals surface area contributed by atoms with Gasteiger partial charge in [-0.2, -0.15) is 0 Å². The highest BCUT2D eigenvalue weighted by atomic mass is 31.1. The second-order valence-corrected chi connectivity index (χ2v) is 3.78. The van der Waals surface area contributed by atoms with Crippen LogP contribution in [0.15, 0.2) is 33.1 Å². The van der Waals surface area contributed by atoms with E-state index in [-0.39, 0.29) is 0 Å². The fourth-order valence-electron chi connectivity index (χ4n) is 0.932. The lowest BCUT2D eigenvalue weighted by Crippen LogP contribution is -1.70. The van der Waals surface area contributed by atoms with Gasteiger partial charge in [-0.15, -0.1) is 0 Å². The maximum Gasteiger partial charge on any atom is 0.143 e. The van der Waals surface area contributed by atoms with Gasteiger partial charge in [0.05, 0.1) is 8.43 Å². The molecule has 0 aliphatic carbocycles. The van der Waals surface area contributed by atoms with E-state index in [1.807, 2.05) is 11.9 Å². The summed E-state index contributed by atoms with van der Waals surface area (Å²) in [6.07, 6.45) is 8.51. The Morgan fingerprint density at radius 3 is 2.36 bits per heavy atom. The Kier molecular flexibility index (Phi) is 11.8. The van der Waals surface area contributed by atoms with Crippen molar-refractivity contribution in [3.05, 3.63) is 24.2 Å². The molecule has 0 saturated heterocycles. The highest BCUT2D eigenvalue weighted by Gasteiger charge is 1.80. The van der Waals surface area contributed by atoms with Crippen molar-refractivity contribution < 1.29 is 8.93 Å². The average Bonchev–Trinajstić information content (AvgIpc) is 2.51. The fraction of sp³-hybridized carbons (Fsp3) is 0.636. The Labute approximate surface area is 88.1 Å². The Bertz CT molecular complexity index is 156. The smallest absolute Gasteiger partial charge is 0.143 e. The van der Waals surface area contributed by atoms with Crippen molar-refractivity contribution >= 4 is 8.43 Å². The van der Waals surface area contributed by atoms with Gasteiger partial charge in [0.1, 0.15) is 6.26 Å². The molecule has 0 aromatic carbocycles. The predicted molar refractivity (Wildman–Crippen MR) is 62.5 cm³/mol. The Morgan fingerprint density at radius 2 is 1.71 bits per heavy atom. The molecule has 0 fully saturated rings. The molecule has 0 aliphatic rings. The third-order valence-electron chi connectivity index (χ3n) is 1.71. The normalized spacial score (nSPS) is 9.29. The topological polar surface area (TPSA) is 26.3 Å². The maximum atomic E-state index is 4.55. The molecule has 1 heterocycles. The van der Waals surface area contributed by atoms with Crippen LogP contribution >= 0.6 is 8.43 Å². The molecule has 0 bridgehead atoms. The van der Waals surface area contributed by atoms with Crippen molar-refractivity contribution in [1.29, 1.82) is 0 Å². The summed E-state index contributed by atoms with van der Waals surface area (Å²) in [7, 11) is 0.329. The molecule has 14 heavy (non-hydrogen) atoms. The Morgan fingerprint density at radius 1 is 1.00 bits per heavy atom. The molecule has 1 rings (SSSR count). The van der Waals surface area contributed by atoms with Crippen LogP contribution < -0.4 is 0 Å². The molecule has 1 atom stereocenters. The van der Waals surface area contributed by atoms with Crippen molar-refractivity contribution in [3.63, 3.8) is 0 Å². The Hall–Kier alpha value is -0.620. The summed E-state index contributed by atoms with van der Waals surface area (Å²) in [5.74, 6) is 1.89. The zero-order chi connectivity index (χ0) is 10.5. The maximum absolute atomic E-state index is 4.55. The van der Waals surface area contributed by atoms with Crippen LogP contribution in [-0.4, -0.2) is 0 Å². The molecule has 0 saturated carbocycles. The van der Waals surface area contributed by atoms with Gasteiger partial charge in [0.2, 0.25) is 0 Å². The summed E-state index contributed by atoms with van der Waals surface area (Å²) < 4.78 is 9.01. The van der Waals surface area contributed by atoms with Gasteiger partial charge in [-0.3, -0.25) is 8.93 Å². The van der Waals surface area contributed by atoms with Crippen molar-refractivity contribution in [3.8, 4) is 0 Å². The molecule has 0 amide bonds. The van der Waals surface area contributed by atoms with Gasteiger partial charge >= 0.3 is 0 Å². The lowest BCUT2D eigenvalue weighted by molar-refractivity contribution is 0.102. The monoisotopic (exact) mass is 216 g/mol. The van der Waals surface area contributed by atoms with E-state index in [2.05, 4.69) is 22.8 Å². The van der Waals surface area contributed by atoms with Gasteiger partial charge < -0.3 is 0 Å². The minimum atomic E-state index is 0.329. The van der Waals surface area contributed by atoms with E-state index in [0.29, 0.717) is 8.43 Å². The van der Waals surface area contributed by atoms with Crippen LogP contribution in [0.1, 0.15) is 46.0 Å². The molecule has 1 unspecified atom stereocenters. The SMILES string of the molecule is CCCCCCC.c1cc[pH]ooc1. The zero-order valence-corrected chi connectivity index (χ0v) is 10.2. The number of hydrogen-bond donors (Lipinski definition) is 0. The molecule has 0 aliphatic heterocycles. The van der Waals surface area contributed by atoms with E-state index in [4.69, 9.17) is 0 Å². The lowest BCUT2D eigenvalue weighted by atomic mass is 10.2. The molecule has 0 radical (unpaired) electrons. The van der Waals surface area contributed by atoms with Gasteiger partial charge in [0.15, 0.2) is 0 Å². The second-order valence-electron chi connectivity index (χ2n) is 3.05. The molecule has 0 N–H and O–H groups in total. The molecule has 2 nitrogen and oxygen atoms in total. The molecule has 3 heteroatoms. The molecule has 1 aromatic heterocycles. The highest BCUT2D eigenvalue weighted by Crippen LogP contribution is 2.00. The van der Waals surface area contributed by atoms with Crippen LogP contribution in [0, 0.1) is 0 Å². The first kappa shape index (κ1) is 13.4. The first-order chi connectivity index (χ1) is 6.91. The van der Waals surface area contributed by atoms with Crippen LogP contribution in [0.4, 0.5) is 0 Å². The third kappa shape index (κ3) is 11.4. The largest absolute Gasteiger partial charge is 0.296 e. The highest BCUT2D eigenvalue weighted by molar-refractivity contribution is 7.21. The van der Waals surface area contributed by atoms with Gasteiger partial charge in [0.25, 0.3) is 0 Å². The minimum Gasteiger partial charge on any atom is -0.296 e. The van der Waals surface area contributed by atoms with E-state index in [1.165, 1.54) is 38.4 Å². The first-order valence-electron chi connectivity index (χ1n) is 5.31. The summed E-state index contributed by atoms with van der Waals surface area (Å²) in [6.45, 7) is 4.49. The molecular weight excluding hydrogens is 195 g/mol. The van der Waals surface area contributed by atoms with Gasteiger partial charge in [-0.1, -0.05) is 52.0 Å². The van der Waals surface area contributed by atoms with Gasteiger partial charge in [-0.25, -0.2) is 0 Å². The van der Waals surface area contributed by atoms with Crippen molar-refractivity contribution in [2.24, 2.45) is 0 Å². The number of hydrogen-bond acceptors (Lipinski definition) is 2. The quantitative estimate of drug-likeness (QED) is 0.522. The van der Waals surface area contributed by atoms with Gasteiger partial charge in [0, 0.05) is 0 Å². The molecule has 82 valence electrons. The Balaban J connectivity index is 0.000000241. The average molecular weight is 216 g/mol. The van der Waals surface area contributed by atoms with E-state index in [0.717, 1.165) is 0 Å². The van der Waals surface area contributed by atoms with Crippen molar-refractivity contribution in [2.75, 3.05) is 0 Å². The summed E-state index contributed by atoms with van der Waals surface area (Å²) >= 11 is 0. The summed E-state index contributed by atoms with van der Waals surface area (Å²) in [4.78, 5) is 0. The standard InChI is InChI=1S/C7H16.C4H5O2P/c1-3-5-7-6-4-2;1-2-4-7-6-5-3-1/h3-7H2,1-2H3;1-4,7H. The molecule has 0 spiro atoms. The zero-order valence-electron chi connectivity index (χ0n) is 9.16. The van der Waals surface area contributed by atoms with E-state index >= 15 is 0 Å². The van der Waals surface area contributed by atoms with E-state index < -0.39 is 0 Å². The van der Waals surface area contributed by atoms with Crippen molar-refractivity contribution in [2.45, 2.75) is 46.0 Å². The number of unbranched alkanes of at least 4 members (excludes halogenated alkanes) is 4.